The fraction of sp³-hybridized carbons (Fsp3) is 0.278. The van der Waals surface area contributed by atoms with E-state index in [2.05, 4.69) is 4.72 Å². The zero-order valence-corrected chi connectivity index (χ0v) is 17.4. The van der Waals surface area contributed by atoms with Crippen molar-refractivity contribution in [1.82, 2.24) is 0 Å². The third-order valence-corrected chi connectivity index (χ3v) is 6.91. The minimum atomic E-state index is -3.84. The fourth-order valence-corrected chi connectivity index (χ4v) is 5.25. The van der Waals surface area contributed by atoms with Gasteiger partial charge in [0.1, 0.15) is 5.75 Å². The Labute approximate surface area is 167 Å². The van der Waals surface area contributed by atoms with Crippen molar-refractivity contribution in [3.8, 4) is 5.75 Å². The first-order valence-electron chi connectivity index (χ1n) is 8.16. The van der Waals surface area contributed by atoms with Gasteiger partial charge in [-0.3, -0.25) is 9.52 Å². The van der Waals surface area contributed by atoms with Crippen molar-refractivity contribution in [1.29, 1.82) is 0 Å². The number of hydrogen-bond donors (Lipinski definition) is 1. The van der Waals surface area contributed by atoms with Crippen molar-refractivity contribution in [2.45, 2.75) is 28.9 Å². The Morgan fingerprint density at radius 2 is 2.04 bits per heavy atom. The summed E-state index contributed by atoms with van der Waals surface area (Å²) in [4.78, 5) is 14.6. The monoisotopic (exact) mass is 426 g/mol. The van der Waals surface area contributed by atoms with Gasteiger partial charge in [0.2, 0.25) is 5.91 Å². The largest absolute Gasteiger partial charge is 0.495 e. The van der Waals surface area contributed by atoms with Crippen LogP contribution in [-0.2, 0) is 14.8 Å². The highest BCUT2D eigenvalue weighted by molar-refractivity contribution is 8.00. The summed E-state index contributed by atoms with van der Waals surface area (Å²) in [6.45, 7) is 4.05. The Hall–Kier alpha value is -1.90. The summed E-state index contributed by atoms with van der Waals surface area (Å²) >= 11 is 7.68. The van der Waals surface area contributed by atoms with Gasteiger partial charge in [-0.15, -0.1) is 11.8 Å². The number of amides is 1. The predicted molar refractivity (Wildman–Crippen MR) is 109 cm³/mol. The second-order valence-electron chi connectivity index (χ2n) is 6.14. The van der Waals surface area contributed by atoms with Crippen molar-refractivity contribution < 1.29 is 17.9 Å². The second-order valence-corrected chi connectivity index (χ2v) is 9.71. The van der Waals surface area contributed by atoms with E-state index in [1.165, 1.54) is 32.2 Å². The average Bonchev–Trinajstić information content (AvgIpc) is 2.60. The molecule has 0 fully saturated rings. The molecule has 27 heavy (non-hydrogen) atoms. The van der Waals surface area contributed by atoms with Gasteiger partial charge < -0.3 is 9.64 Å². The van der Waals surface area contributed by atoms with E-state index in [-0.39, 0.29) is 16.1 Å². The molecule has 1 N–H and O–H groups in total. The SMILES string of the molecule is COc1ccc(NS(=O)(=O)c2ccc3c(c2)N(C(C)=O)C[C@H](C)S3)cc1Cl. The van der Waals surface area contributed by atoms with Crippen molar-refractivity contribution in [2.75, 3.05) is 23.3 Å². The molecule has 3 rings (SSSR count). The number of nitrogens with one attached hydrogen (secondary N) is 1. The minimum Gasteiger partial charge on any atom is -0.495 e. The molecule has 1 heterocycles. The van der Waals surface area contributed by atoms with Crippen LogP contribution < -0.4 is 14.4 Å². The molecular weight excluding hydrogens is 408 g/mol. The number of sulfonamides is 1. The van der Waals surface area contributed by atoms with E-state index in [1.807, 2.05) is 6.92 Å². The van der Waals surface area contributed by atoms with Gasteiger partial charge in [-0.2, -0.15) is 0 Å². The van der Waals surface area contributed by atoms with Crippen LogP contribution >= 0.6 is 23.4 Å². The topological polar surface area (TPSA) is 75.7 Å². The van der Waals surface area contributed by atoms with Crippen LogP contribution in [0.25, 0.3) is 0 Å². The number of nitrogens with zero attached hydrogens (tertiary/aromatic N) is 1. The number of halogens is 1. The van der Waals surface area contributed by atoms with Crippen LogP contribution in [0, 0.1) is 0 Å². The molecule has 144 valence electrons. The van der Waals surface area contributed by atoms with Gasteiger partial charge in [-0.05, 0) is 36.4 Å². The van der Waals surface area contributed by atoms with Crippen LogP contribution in [0.4, 0.5) is 11.4 Å². The third-order valence-electron chi connectivity index (χ3n) is 4.08. The standard InChI is InChI=1S/C18H19ClN2O4S2/c1-11-10-21(12(2)22)16-9-14(5-7-18(16)26-11)27(23,24)20-13-4-6-17(25-3)15(19)8-13/h4-9,11,20H,10H2,1-3H3/t11-/m0/s1. The molecule has 0 spiro atoms. The zero-order chi connectivity index (χ0) is 19.8. The van der Waals surface area contributed by atoms with Crippen LogP contribution in [0.3, 0.4) is 0 Å². The Kier molecular flexibility index (Phi) is 5.60. The van der Waals surface area contributed by atoms with Crippen molar-refractivity contribution >= 4 is 50.7 Å². The smallest absolute Gasteiger partial charge is 0.261 e. The van der Waals surface area contributed by atoms with E-state index in [0.29, 0.717) is 28.7 Å². The lowest BCUT2D eigenvalue weighted by atomic mass is 10.2. The predicted octanol–water partition coefficient (Wildman–Crippen LogP) is 4.00. The molecule has 0 saturated heterocycles. The van der Waals surface area contributed by atoms with Crippen molar-refractivity contribution in [3.63, 3.8) is 0 Å². The molecule has 1 aliphatic rings. The van der Waals surface area contributed by atoms with E-state index >= 15 is 0 Å². The number of carbonyl (C=O) groups excluding carboxylic acids is 1. The summed E-state index contributed by atoms with van der Waals surface area (Å²) < 4.78 is 33.2. The summed E-state index contributed by atoms with van der Waals surface area (Å²) in [5, 5.41) is 0.541. The number of hydrogen-bond acceptors (Lipinski definition) is 5. The molecule has 2 aromatic rings. The second kappa shape index (κ2) is 7.61. The van der Waals surface area contributed by atoms with Crippen LogP contribution in [-0.4, -0.2) is 33.2 Å². The molecule has 0 aromatic heterocycles. The Bertz CT molecular complexity index is 995. The first kappa shape index (κ1) is 19.9. The molecule has 1 amide bonds. The highest BCUT2D eigenvalue weighted by Crippen LogP contribution is 2.40. The maximum absolute atomic E-state index is 12.8. The van der Waals surface area contributed by atoms with E-state index in [0.717, 1.165) is 4.90 Å². The third kappa shape index (κ3) is 4.17. The van der Waals surface area contributed by atoms with Gasteiger partial charge in [0.15, 0.2) is 0 Å². The maximum Gasteiger partial charge on any atom is 0.261 e. The molecule has 0 radical (unpaired) electrons. The molecule has 9 heteroatoms. The van der Waals surface area contributed by atoms with Gasteiger partial charge in [-0.25, -0.2) is 8.42 Å². The van der Waals surface area contributed by atoms with Gasteiger partial charge in [0.05, 0.1) is 28.4 Å². The number of rotatable bonds is 4. The highest BCUT2D eigenvalue weighted by atomic mass is 35.5. The van der Waals surface area contributed by atoms with Crippen LogP contribution in [0.15, 0.2) is 46.2 Å². The fourth-order valence-electron chi connectivity index (χ4n) is 2.83. The van der Waals surface area contributed by atoms with Gasteiger partial charge in [0.25, 0.3) is 10.0 Å². The van der Waals surface area contributed by atoms with Gasteiger partial charge >= 0.3 is 0 Å². The Morgan fingerprint density at radius 1 is 1.30 bits per heavy atom. The number of ether oxygens (including phenoxy) is 1. The quantitative estimate of drug-likeness (QED) is 0.799. The molecule has 1 atom stereocenters. The summed E-state index contributed by atoms with van der Waals surface area (Å²) in [7, 11) is -2.36. The number of benzene rings is 2. The van der Waals surface area contributed by atoms with Crippen molar-refractivity contribution in [2.24, 2.45) is 0 Å². The van der Waals surface area contributed by atoms with E-state index in [1.54, 1.807) is 34.9 Å². The normalized spacial score (nSPS) is 16.6. The first-order valence-corrected chi connectivity index (χ1v) is 10.9. The summed E-state index contributed by atoms with van der Waals surface area (Å²) in [5.74, 6) is 0.337. The number of carbonyl (C=O) groups is 1. The van der Waals surface area contributed by atoms with E-state index < -0.39 is 10.0 Å². The lowest BCUT2D eigenvalue weighted by Crippen LogP contribution is -2.37. The Balaban J connectivity index is 1.95. The number of methoxy groups -OCH3 is 1. The number of thioether (sulfide) groups is 1. The molecule has 2 aromatic carbocycles. The lowest BCUT2D eigenvalue weighted by molar-refractivity contribution is -0.116. The highest BCUT2D eigenvalue weighted by Gasteiger charge is 2.27. The summed E-state index contributed by atoms with van der Waals surface area (Å²) in [6, 6.07) is 9.44. The molecule has 0 bridgehead atoms. The first-order chi connectivity index (χ1) is 12.7. The van der Waals surface area contributed by atoms with Crippen LogP contribution in [0.1, 0.15) is 13.8 Å². The van der Waals surface area contributed by atoms with Crippen LogP contribution in [0.2, 0.25) is 5.02 Å². The van der Waals surface area contributed by atoms with Crippen LogP contribution in [0.5, 0.6) is 5.75 Å². The summed E-state index contributed by atoms with van der Waals surface area (Å²) in [5.41, 5.74) is 0.936. The molecule has 6 nitrogen and oxygen atoms in total. The maximum atomic E-state index is 12.8. The van der Waals surface area contributed by atoms with Gasteiger partial charge in [0, 0.05) is 23.6 Å². The molecule has 0 saturated carbocycles. The summed E-state index contributed by atoms with van der Waals surface area (Å²) in [6.07, 6.45) is 0. The lowest BCUT2D eigenvalue weighted by Gasteiger charge is -2.32. The Morgan fingerprint density at radius 3 is 2.67 bits per heavy atom. The number of anilines is 2. The molecular formula is C18H19ClN2O4S2. The van der Waals surface area contributed by atoms with Gasteiger partial charge in [-0.1, -0.05) is 18.5 Å². The van der Waals surface area contributed by atoms with E-state index in [4.69, 9.17) is 16.3 Å². The van der Waals surface area contributed by atoms with Crippen molar-refractivity contribution in [3.05, 3.63) is 41.4 Å². The minimum absolute atomic E-state index is 0.0783. The van der Waals surface area contributed by atoms with E-state index in [9.17, 15) is 13.2 Å². The molecule has 1 aliphatic heterocycles. The zero-order valence-electron chi connectivity index (χ0n) is 15.0. The average molecular weight is 427 g/mol. The molecule has 0 unspecified atom stereocenters. The number of fused-ring (bicyclic) bond motifs is 1. The molecule has 0 aliphatic carbocycles.